The topological polar surface area (TPSA) is 52.6 Å². The summed E-state index contributed by atoms with van der Waals surface area (Å²) < 4.78 is 34.6. The molecule has 0 bridgehead atoms. The van der Waals surface area contributed by atoms with Crippen LogP contribution < -0.4 is 0 Å². The second kappa shape index (κ2) is 35.7. The third-order valence-corrected chi connectivity index (χ3v) is 10.3. The summed E-state index contributed by atoms with van der Waals surface area (Å²) in [5.41, 5.74) is 0. The molecule has 0 saturated heterocycles. The van der Waals surface area contributed by atoms with Crippen LogP contribution >= 0.6 is 0 Å². The van der Waals surface area contributed by atoms with Crippen LogP contribution in [0.3, 0.4) is 0 Å². The van der Waals surface area contributed by atoms with Crippen LogP contribution in [-0.2, 0) is 18.8 Å². The van der Waals surface area contributed by atoms with Gasteiger partial charge in [0, 0.05) is 0 Å². The summed E-state index contributed by atoms with van der Waals surface area (Å²) >= 11 is 0. The minimum Gasteiger partial charge on any atom is -0.248 e. The molecule has 0 N–H and O–H groups in total. The number of hydrogen-bond donors (Lipinski definition) is 0. The minimum absolute atomic E-state index is 0.132. The smallest absolute Gasteiger partial charge is 0.248 e. The Bertz CT molecular complexity index is 600. The molecule has 0 amide bonds. The molecule has 0 aromatic carbocycles. The van der Waals surface area contributed by atoms with Crippen molar-refractivity contribution in [2.75, 3.05) is 6.61 Å². The fraction of sp³-hybridized carbons (Fsp3) is 1.00. The molecule has 0 spiro atoms. The van der Waals surface area contributed by atoms with Crippen molar-refractivity contribution < 1.29 is 16.8 Å². The summed E-state index contributed by atoms with van der Waals surface area (Å²) in [5, 5.41) is 0. The summed E-state index contributed by atoms with van der Waals surface area (Å²) in [5.74, 6) is 0. The normalized spacial score (nSPS) is 12.1. The molecule has 0 saturated carbocycles. The van der Waals surface area contributed by atoms with Crippen LogP contribution in [-0.4, -0.2) is 21.1 Å². The molecule has 0 aromatic heterocycles. The maximum Gasteiger partial charge on any atom is 0.400 e. The molecule has 0 heterocycles. The van der Waals surface area contributed by atoms with Crippen molar-refractivity contribution in [3.63, 3.8) is 0 Å². The summed E-state index contributed by atoms with van der Waals surface area (Å²) in [4.78, 5) is 0. The maximum atomic E-state index is 12.1. The molecular weight excluding hydrogens is 564 g/mol. The van der Waals surface area contributed by atoms with Crippen molar-refractivity contribution in [3.8, 4) is 0 Å². The van der Waals surface area contributed by atoms with Crippen molar-refractivity contribution in [2.24, 2.45) is 0 Å². The van der Waals surface area contributed by atoms with E-state index in [4.69, 9.17) is 8.37 Å². The van der Waals surface area contributed by atoms with Crippen LogP contribution in [0.2, 0.25) is 0 Å². The first-order chi connectivity index (χ1) is 21.6. The van der Waals surface area contributed by atoms with Crippen LogP contribution in [0.1, 0.15) is 239 Å². The Morgan fingerprint density at radius 2 is 0.591 bits per heavy atom. The van der Waals surface area contributed by atoms with E-state index < -0.39 is 10.4 Å². The molecule has 0 fully saturated rings. The SMILES string of the molecule is CCCCCCCCCCCCCCCCCCC(CCCCCCCCCCCCCCCCCC)OS(=O)(=O)OCC. The van der Waals surface area contributed by atoms with Crippen LogP contribution in [0.25, 0.3) is 0 Å². The summed E-state index contributed by atoms with van der Waals surface area (Å²) in [6.07, 6.45) is 44.6. The minimum atomic E-state index is -3.87. The predicted molar refractivity (Wildman–Crippen MR) is 194 cm³/mol. The van der Waals surface area contributed by atoms with Gasteiger partial charge >= 0.3 is 10.4 Å². The molecule has 4 nitrogen and oxygen atoms in total. The average molecular weight is 645 g/mol. The monoisotopic (exact) mass is 645 g/mol. The van der Waals surface area contributed by atoms with Gasteiger partial charge < -0.3 is 0 Å². The molecule has 266 valence electrons. The third-order valence-electron chi connectivity index (χ3n) is 9.28. The fourth-order valence-corrected chi connectivity index (χ4v) is 7.29. The van der Waals surface area contributed by atoms with E-state index >= 15 is 0 Å². The van der Waals surface area contributed by atoms with E-state index in [1.165, 1.54) is 193 Å². The first-order valence-electron chi connectivity index (χ1n) is 20.1. The van der Waals surface area contributed by atoms with Gasteiger partial charge in [0.2, 0.25) is 0 Å². The van der Waals surface area contributed by atoms with Crippen molar-refractivity contribution in [2.45, 2.75) is 245 Å². The summed E-state index contributed by atoms with van der Waals surface area (Å²) in [6, 6.07) is 0. The van der Waals surface area contributed by atoms with E-state index in [1.54, 1.807) is 6.92 Å². The van der Waals surface area contributed by atoms with E-state index in [0.717, 1.165) is 25.7 Å². The largest absolute Gasteiger partial charge is 0.400 e. The second-order valence-corrected chi connectivity index (χ2v) is 15.0. The number of rotatable bonds is 38. The first-order valence-corrected chi connectivity index (χ1v) is 21.5. The first kappa shape index (κ1) is 43.9. The second-order valence-electron chi connectivity index (χ2n) is 13.7. The Kier molecular flexibility index (Phi) is 35.6. The molecule has 0 aliphatic heterocycles. The average Bonchev–Trinajstić information content (AvgIpc) is 3.00. The molecule has 0 aromatic rings. The third kappa shape index (κ3) is 34.7. The Hall–Kier alpha value is -0.130. The molecule has 0 atom stereocenters. The lowest BCUT2D eigenvalue weighted by molar-refractivity contribution is 0.140. The molecule has 0 rings (SSSR count). The van der Waals surface area contributed by atoms with E-state index in [9.17, 15) is 8.42 Å². The van der Waals surface area contributed by atoms with Gasteiger partial charge in [0.05, 0.1) is 12.7 Å². The van der Waals surface area contributed by atoms with E-state index in [1.807, 2.05) is 0 Å². The van der Waals surface area contributed by atoms with Crippen LogP contribution in [0.5, 0.6) is 0 Å². The lowest BCUT2D eigenvalue weighted by Gasteiger charge is -2.17. The Morgan fingerprint density at radius 1 is 0.364 bits per heavy atom. The van der Waals surface area contributed by atoms with Crippen molar-refractivity contribution >= 4 is 10.4 Å². The zero-order valence-corrected chi connectivity index (χ0v) is 31.2. The lowest BCUT2D eigenvalue weighted by Crippen LogP contribution is -2.20. The van der Waals surface area contributed by atoms with Gasteiger partial charge in [0.1, 0.15) is 0 Å². The van der Waals surface area contributed by atoms with Crippen LogP contribution in [0, 0.1) is 0 Å². The molecule has 0 aliphatic rings. The highest BCUT2D eigenvalue weighted by Crippen LogP contribution is 2.20. The van der Waals surface area contributed by atoms with Crippen molar-refractivity contribution in [1.82, 2.24) is 0 Å². The van der Waals surface area contributed by atoms with Gasteiger partial charge in [-0.15, -0.1) is 0 Å². The molecule has 44 heavy (non-hydrogen) atoms. The van der Waals surface area contributed by atoms with Crippen LogP contribution in [0.4, 0.5) is 0 Å². The molecular formula is C39H80O4S. The Morgan fingerprint density at radius 3 is 0.818 bits per heavy atom. The van der Waals surface area contributed by atoms with Crippen molar-refractivity contribution in [3.05, 3.63) is 0 Å². The van der Waals surface area contributed by atoms with Gasteiger partial charge in [0.25, 0.3) is 0 Å². The Labute approximate surface area is 278 Å². The summed E-state index contributed by atoms with van der Waals surface area (Å²) in [6.45, 7) is 6.40. The predicted octanol–water partition coefficient (Wildman–Crippen LogP) is 14.0. The van der Waals surface area contributed by atoms with E-state index in [0.29, 0.717) is 0 Å². The Balaban J connectivity index is 3.77. The highest BCUT2D eigenvalue weighted by molar-refractivity contribution is 7.81. The maximum absolute atomic E-state index is 12.1. The van der Waals surface area contributed by atoms with Crippen molar-refractivity contribution in [1.29, 1.82) is 0 Å². The van der Waals surface area contributed by atoms with Gasteiger partial charge in [-0.1, -0.05) is 219 Å². The van der Waals surface area contributed by atoms with E-state index in [-0.39, 0.29) is 12.7 Å². The lowest BCUT2D eigenvalue weighted by atomic mass is 10.0. The van der Waals surface area contributed by atoms with Crippen LogP contribution in [0.15, 0.2) is 0 Å². The molecule has 0 radical (unpaired) electrons. The number of unbranched alkanes of at least 4 members (excludes halogenated alkanes) is 30. The van der Waals surface area contributed by atoms with Gasteiger partial charge in [-0.05, 0) is 19.8 Å². The van der Waals surface area contributed by atoms with E-state index in [2.05, 4.69) is 13.8 Å². The highest BCUT2D eigenvalue weighted by atomic mass is 32.3. The quantitative estimate of drug-likeness (QED) is 0.0628. The highest BCUT2D eigenvalue weighted by Gasteiger charge is 2.19. The molecule has 0 aliphatic carbocycles. The summed E-state index contributed by atoms with van der Waals surface area (Å²) in [7, 11) is -3.87. The standard InChI is InChI=1S/C39H80O4S/c1-4-7-9-11-13-15-17-19-21-23-25-27-29-31-33-35-37-39(43-44(40,41)42-6-3)38-36-34-32-30-28-26-24-22-20-18-16-14-12-10-8-5-2/h39H,4-38H2,1-3H3. The molecule has 5 heteroatoms. The van der Waals surface area contributed by atoms with Gasteiger partial charge in [-0.25, -0.2) is 8.37 Å². The number of hydrogen-bond acceptors (Lipinski definition) is 4. The molecule has 0 unspecified atom stereocenters. The zero-order valence-electron chi connectivity index (χ0n) is 30.4. The fourth-order valence-electron chi connectivity index (χ4n) is 6.42. The zero-order chi connectivity index (χ0) is 32.2. The van der Waals surface area contributed by atoms with Gasteiger partial charge in [-0.2, -0.15) is 8.42 Å². The van der Waals surface area contributed by atoms with Gasteiger partial charge in [0.15, 0.2) is 0 Å². The van der Waals surface area contributed by atoms with Gasteiger partial charge in [-0.3, -0.25) is 0 Å².